The van der Waals surface area contributed by atoms with Gasteiger partial charge in [0, 0.05) is 26.2 Å². The van der Waals surface area contributed by atoms with Crippen LogP contribution in [-0.4, -0.2) is 61.1 Å². The van der Waals surface area contributed by atoms with E-state index in [0.717, 1.165) is 6.54 Å². The molecule has 6 nitrogen and oxygen atoms in total. The summed E-state index contributed by atoms with van der Waals surface area (Å²) in [6.45, 7) is 7.71. The minimum Gasteiger partial charge on any atom is -0.313 e. The number of piperazine rings is 1. The highest BCUT2D eigenvalue weighted by atomic mass is 32.2. The van der Waals surface area contributed by atoms with Crippen LogP contribution in [0.1, 0.15) is 13.3 Å². The van der Waals surface area contributed by atoms with E-state index in [2.05, 4.69) is 11.9 Å². The van der Waals surface area contributed by atoms with Crippen LogP contribution < -0.4 is 5.32 Å². The molecule has 7 heteroatoms. The van der Waals surface area contributed by atoms with E-state index in [0.29, 0.717) is 26.1 Å². The second-order valence-corrected chi connectivity index (χ2v) is 6.22. The summed E-state index contributed by atoms with van der Waals surface area (Å²) in [5, 5.41) is 3.15. The monoisotopic (exact) mass is 276 g/mol. The number of hydrogen-bond donors (Lipinski definition) is 2. The van der Waals surface area contributed by atoms with E-state index < -0.39 is 15.7 Å². The molecule has 1 atom stereocenters. The Morgan fingerprint density at radius 3 is 2.83 bits per heavy atom. The smallest absolute Gasteiger partial charge is 0.264 e. The van der Waals surface area contributed by atoms with Crippen molar-refractivity contribution in [2.75, 3.05) is 31.9 Å². The molecule has 0 aliphatic carbocycles. The van der Waals surface area contributed by atoms with Gasteiger partial charge in [0.2, 0.25) is 0 Å². The first-order chi connectivity index (χ1) is 8.29. The van der Waals surface area contributed by atoms with Crippen molar-refractivity contribution in [2.45, 2.75) is 18.9 Å². The normalized spacial score (nSPS) is 25.9. The summed E-state index contributed by atoms with van der Waals surface area (Å²) >= 11 is 0. The first kappa shape index (κ1) is 15.3. The van der Waals surface area contributed by atoms with Crippen molar-refractivity contribution in [2.24, 2.45) is 0 Å². The average Bonchev–Trinajstić information content (AvgIpc) is 2.29. The molecule has 1 fully saturated rings. The van der Waals surface area contributed by atoms with E-state index in [4.69, 9.17) is 4.55 Å². The van der Waals surface area contributed by atoms with Gasteiger partial charge in [0.15, 0.2) is 5.78 Å². The summed E-state index contributed by atoms with van der Waals surface area (Å²) < 4.78 is 30.0. The average molecular weight is 276 g/mol. The van der Waals surface area contributed by atoms with Crippen LogP contribution in [0.3, 0.4) is 0 Å². The topological polar surface area (TPSA) is 86.7 Å². The van der Waals surface area contributed by atoms with E-state index >= 15 is 0 Å². The lowest BCUT2D eigenvalue weighted by atomic mass is 9.91. The minimum atomic E-state index is -3.94. The number of carbonyl (C=O) groups is 1. The number of carbonyl (C=O) groups excluding carboxylic acids is 1. The van der Waals surface area contributed by atoms with Gasteiger partial charge >= 0.3 is 0 Å². The summed E-state index contributed by atoms with van der Waals surface area (Å²) in [6.07, 6.45) is 1.60. The number of hydrogen-bond acceptors (Lipinski definition) is 5. The van der Waals surface area contributed by atoms with Crippen LogP contribution in [0.15, 0.2) is 12.7 Å². The van der Waals surface area contributed by atoms with Gasteiger partial charge in [-0.3, -0.25) is 14.2 Å². The standard InChI is InChI=1S/C11H20N2O4S/c1-3-10(14)11(2)9-12-5-7-13(11)6-4-8-18(15,16)17/h3,12H,1,4-9H2,2H3,(H,15,16,17). The van der Waals surface area contributed by atoms with E-state index in [1.807, 2.05) is 11.8 Å². The zero-order valence-electron chi connectivity index (χ0n) is 10.6. The Morgan fingerprint density at radius 1 is 1.61 bits per heavy atom. The lowest BCUT2D eigenvalue weighted by molar-refractivity contribution is -0.126. The number of rotatable bonds is 6. The van der Waals surface area contributed by atoms with Gasteiger partial charge in [0.05, 0.1) is 11.3 Å². The fraction of sp³-hybridized carbons (Fsp3) is 0.727. The molecule has 1 heterocycles. The molecular formula is C11H20N2O4S. The second kappa shape index (κ2) is 5.92. The van der Waals surface area contributed by atoms with Gasteiger partial charge in [-0.2, -0.15) is 8.42 Å². The van der Waals surface area contributed by atoms with Crippen LogP contribution >= 0.6 is 0 Å². The molecule has 0 aromatic carbocycles. The Kier molecular flexibility index (Phi) is 5.03. The molecule has 1 rings (SSSR count). The molecule has 1 aliphatic heterocycles. The number of nitrogens with one attached hydrogen (secondary N) is 1. The quantitative estimate of drug-likeness (QED) is 0.511. The Hall–Kier alpha value is -0.760. The van der Waals surface area contributed by atoms with Gasteiger partial charge in [-0.25, -0.2) is 0 Å². The molecule has 0 spiro atoms. The highest BCUT2D eigenvalue weighted by molar-refractivity contribution is 7.85. The molecule has 1 unspecified atom stereocenters. The third kappa shape index (κ3) is 3.88. The molecule has 2 N–H and O–H groups in total. The molecule has 0 saturated carbocycles. The number of nitrogens with zero attached hydrogens (tertiary/aromatic N) is 1. The maximum absolute atomic E-state index is 11.9. The van der Waals surface area contributed by atoms with Crippen molar-refractivity contribution in [3.63, 3.8) is 0 Å². The molecule has 0 bridgehead atoms. The summed E-state index contributed by atoms with van der Waals surface area (Å²) in [6, 6.07) is 0. The first-order valence-corrected chi connectivity index (χ1v) is 7.48. The maximum Gasteiger partial charge on any atom is 0.264 e. The van der Waals surface area contributed by atoms with Gasteiger partial charge < -0.3 is 5.32 Å². The van der Waals surface area contributed by atoms with E-state index in [1.54, 1.807) is 0 Å². The van der Waals surface area contributed by atoms with Crippen molar-refractivity contribution in [1.29, 1.82) is 0 Å². The second-order valence-electron chi connectivity index (χ2n) is 4.65. The van der Waals surface area contributed by atoms with Crippen LogP contribution in [0.4, 0.5) is 0 Å². The molecule has 104 valence electrons. The summed E-state index contributed by atoms with van der Waals surface area (Å²) in [4.78, 5) is 13.8. The van der Waals surface area contributed by atoms with E-state index in [9.17, 15) is 13.2 Å². The largest absolute Gasteiger partial charge is 0.313 e. The van der Waals surface area contributed by atoms with Crippen molar-refractivity contribution < 1.29 is 17.8 Å². The molecule has 1 aliphatic rings. The van der Waals surface area contributed by atoms with Crippen molar-refractivity contribution in [3.8, 4) is 0 Å². The third-order valence-corrected chi connectivity index (χ3v) is 4.08. The molecule has 0 amide bonds. The van der Waals surface area contributed by atoms with Gasteiger partial charge in [0.25, 0.3) is 10.1 Å². The summed E-state index contributed by atoms with van der Waals surface area (Å²) in [5.41, 5.74) is -0.681. The first-order valence-electron chi connectivity index (χ1n) is 5.87. The van der Waals surface area contributed by atoms with Gasteiger partial charge in [-0.15, -0.1) is 0 Å². The Balaban J connectivity index is 2.65. The molecular weight excluding hydrogens is 256 g/mol. The molecule has 1 saturated heterocycles. The minimum absolute atomic E-state index is 0.0819. The molecule has 18 heavy (non-hydrogen) atoms. The highest BCUT2D eigenvalue weighted by Crippen LogP contribution is 2.19. The SMILES string of the molecule is C=CC(=O)C1(C)CNCCN1CCCS(=O)(=O)O. The van der Waals surface area contributed by atoms with Crippen LogP contribution in [0.5, 0.6) is 0 Å². The van der Waals surface area contributed by atoms with Gasteiger partial charge in [-0.05, 0) is 19.4 Å². The predicted molar refractivity (Wildman–Crippen MR) is 69.1 cm³/mol. The van der Waals surface area contributed by atoms with Gasteiger partial charge in [0.1, 0.15) is 0 Å². The van der Waals surface area contributed by atoms with Crippen LogP contribution in [-0.2, 0) is 14.9 Å². The van der Waals surface area contributed by atoms with E-state index in [-0.39, 0.29) is 11.5 Å². The van der Waals surface area contributed by atoms with E-state index in [1.165, 1.54) is 6.08 Å². The molecule has 0 aromatic heterocycles. The zero-order chi connectivity index (χ0) is 13.8. The van der Waals surface area contributed by atoms with Crippen LogP contribution in [0.2, 0.25) is 0 Å². The fourth-order valence-corrected chi connectivity index (χ4v) is 2.66. The summed E-state index contributed by atoms with van der Waals surface area (Å²) in [5.74, 6) is -0.364. The Bertz CT molecular complexity index is 421. The maximum atomic E-state index is 11.9. The van der Waals surface area contributed by atoms with Crippen molar-refractivity contribution >= 4 is 15.9 Å². The van der Waals surface area contributed by atoms with Crippen LogP contribution in [0.25, 0.3) is 0 Å². The number of ketones is 1. The fourth-order valence-electron chi connectivity index (χ4n) is 2.16. The third-order valence-electron chi connectivity index (χ3n) is 3.27. The highest BCUT2D eigenvalue weighted by Gasteiger charge is 2.39. The zero-order valence-corrected chi connectivity index (χ0v) is 11.4. The van der Waals surface area contributed by atoms with Gasteiger partial charge in [-0.1, -0.05) is 6.58 Å². The molecule has 0 aromatic rings. The lowest BCUT2D eigenvalue weighted by Crippen LogP contribution is -2.63. The predicted octanol–water partition coefficient (Wildman–Crippen LogP) is -0.317. The Morgan fingerprint density at radius 2 is 2.28 bits per heavy atom. The van der Waals surface area contributed by atoms with Crippen molar-refractivity contribution in [1.82, 2.24) is 10.2 Å². The Labute approximate surface area is 108 Å². The molecule has 0 radical (unpaired) electrons. The lowest BCUT2D eigenvalue weighted by Gasteiger charge is -2.43. The summed E-state index contributed by atoms with van der Waals surface area (Å²) in [7, 11) is -3.94. The van der Waals surface area contributed by atoms with Crippen LogP contribution in [0, 0.1) is 0 Å². The van der Waals surface area contributed by atoms with Crippen molar-refractivity contribution in [3.05, 3.63) is 12.7 Å².